The van der Waals surface area contributed by atoms with E-state index in [0.29, 0.717) is 6.04 Å². The van der Waals surface area contributed by atoms with Gasteiger partial charge >= 0.3 is 0 Å². The van der Waals surface area contributed by atoms with Crippen molar-refractivity contribution in [2.75, 3.05) is 0 Å². The van der Waals surface area contributed by atoms with Crippen LogP contribution in [0.15, 0.2) is 47.2 Å². The second-order valence-electron chi connectivity index (χ2n) is 8.67. The first-order valence-electron chi connectivity index (χ1n) is 11.6. The van der Waals surface area contributed by atoms with Crippen molar-refractivity contribution in [1.82, 2.24) is 4.57 Å². The molecule has 0 aliphatic heterocycles. The Morgan fingerprint density at radius 2 is 1.20 bits per heavy atom. The van der Waals surface area contributed by atoms with E-state index < -0.39 is 0 Å². The average molecular weight is 434 g/mol. The zero-order chi connectivity index (χ0) is 20.5. The molecule has 0 radical (unpaired) electrons. The number of unbranched alkanes of at least 4 members (excludes halogenated alkanes) is 4. The zero-order valence-electron chi connectivity index (χ0n) is 18.1. The van der Waals surface area contributed by atoms with E-state index in [9.17, 15) is 0 Å². The first-order valence-corrected chi connectivity index (χ1v) is 13.4. The monoisotopic (exact) mass is 433 g/mol. The van der Waals surface area contributed by atoms with Crippen LogP contribution >= 0.6 is 22.7 Å². The van der Waals surface area contributed by atoms with Crippen molar-refractivity contribution >= 4 is 64.7 Å². The summed E-state index contributed by atoms with van der Waals surface area (Å²) in [5.41, 5.74) is 2.88. The van der Waals surface area contributed by atoms with E-state index in [1.807, 2.05) is 22.7 Å². The lowest BCUT2D eigenvalue weighted by Gasteiger charge is -2.22. The third-order valence-corrected chi connectivity index (χ3v) is 8.36. The molecule has 5 aromatic rings. The Hall–Kier alpha value is -1.84. The summed E-state index contributed by atoms with van der Waals surface area (Å²) >= 11 is 3.74. The summed E-state index contributed by atoms with van der Waals surface area (Å²) in [5, 5.41) is 10.1. The van der Waals surface area contributed by atoms with Gasteiger partial charge in [0.25, 0.3) is 0 Å². The first-order chi connectivity index (χ1) is 14.8. The molecular weight excluding hydrogens is 402 g/mol. The molecule has 0 saturated heterocycles. The highest BCUT2D eigenvalue weighted by molar-refractivity contribution is 7.17. The van der Waals surface area contributed by atoms with Crippen molar-refractivity contribution in [3.8, 4) is 0 Å². The molecule has 0 aliphatic rings. The number of thiophene rings is 2. The summed E-state index contributed by atoms with van der Waals surface area (Å²) in [6, 6.07) is 14.9. The van der Waals surface area contributed by atoms with Gasteiger partial charge in [0.15, 0.2) is 0 Å². The van der Waals surface area contributed by atoms with Crippen LogP contribution in [0.2, 0.25) is 0 Å². The lowest BCUT2D eigenvalue weighted by molar-refractivity contribution is 0.418. The molecule has 30 heavy (non-hydrogen) atoms. The molecule has 3 aromatic heterocycles. The second kappa shape index (κ2) is 8.72. The van der Waals surface area contributed by atoms with Crippen molar-refractivity contribution < 1.29 is 0 Å². The maximum Gasteiger partial charge on any atom is 0.0508 e. The third-order valence-electron chi connectivity index (χ3n) is 6.60. The number of rotatable bonds is 9. The topological polar surface area (TPSA) is 4.93 Å². The van der Waals surface area contributed by atoms with Crippen molar-refractivity contribution in [3.63, 3.8) is 0 Å². The van der Waals surface area contributed by atoms with Crippen molar-refractivity contribution in [2.45, 2.75) is 71.3 Å². The molecule has 0 amide bonds. The van der Waals surface area contributed by atoms with Gasteiger partial charge in [-0.3, -0.25) is 0 Å². The van der Waals surface area contributed by atoms with Crippen LogP contribution < -0.4 is 0 Å². The van der Waals surface area contributed by atoms with Gasteiger partial charge in [0.1, 0.15) is 0 Å². The molecule has 0 aliphatic carbocycles. The molecule has 0 bridgehead atoms. The van der Waals surface area contributed by atoms with E-state index in [4.69, 9.17) is 0 Å². The lowest BCUT2D eigenvalue weighted by atomic mass is 10.0. The van der Waals surface area contributed by atoms with Gasteiger partial charge in [0.05, 0.1) is 11.0 Å². The molecule has 0 N–H and O–H groups in total. The molecular formula is C27H31NS2. The molecule has 1 nitrogen and oxygen atoms in total. The summed E-state index contributed by atoms with van der Waals surface area (Å²) in [6.07, 6.45) is 10.5. The fraction of sp³-hybridized carbons (Fsp3) is 0.407. The second-order valence-corrected chi connectivity index (χ2v) is 10.6. The fourth-order valence-corrected chi connectivity index (χ4v) is 6.62. The van der Waals surface area contributed by atoms with Gasteiger partial charge in [0.2, 0.25) is 0 Å². The Kier molecular flexibility index (Phi) is 5.84. The number of aromatic nitrogens is 1. The minimum absolute atomic E-state index is 0.595. The maximum absolute atomic E-state index is 2.73. The highest BCUT2D eigenvalue weighted by Crippen LogP contribution is 2.40. The van der Waals surface area contributed by atoms with Gasteiger partial charge in [-0.2, -0.15) is 0 Å². The Morgan fingerprint density at radius 1 is 0.700 bits per heavy atom. The van der Waals surface area contributed by atoms with Crippen LogP contribution in [0, 0.1) is 0 Å². The highest BCUT2D eigenvalue weighted by atomic mass is 32.1. The van der Waals surface area contributed by atoms with Gasteiger partial charge in [-0.1, -0.05) is 52.4 Å². The average Bonchev–Trinajstić information content (AvgIpc) is 3.46. The summed E-state index contributed by atoms with van der Waals surface area (Å²) in [5.74, 6) is 0. The van der Waals surface area contributed by atoms with E-state index >= 15 is 0 Å². The van der Waals surface area contributed by atoms with Crippen molar-refractivity contribution in [2.24, 2.45) is 0 Å². The number of hydrogen-bond acceptors (Lipinski definition) is 2. The summed E-state index contributed by atoms with van der Waals surface area (Å²) in [6.45, 7) is 4.63. The van der Waals surface area contributed by atoms with Crippen LogP contribution in [0.4, 0.5) is 0 Å². The molecule has 0 fully saturated rings. The summed E-state index contributed by atoms with van der Waals surface area (Å²) in [7, 11) is 0. The number of nitrogens with zero attached hydrogens (tertiary/aromatic N) is 1. The zero-order valence-corrected chi connectivity index (χ0v) is 19.7. The van der Waals surface area contributed by atoms with Crippen molar-refractivity contribution in [3.05, 3.63) is 47.2 Å². The third kappa shape index (κ3) is 3.56. The Labute approximate surface area is 187 Å². The SMILES string of the molecule is CCCCCC(CCCCC)n1c2cc3sccc3cc2c2cc3ccsc3cc21. The predicted molar refractivity (Wildman–Crippen MR) is 138 cm³/mol. The van der Waals surface area contributed by atoms with Gasteiger partial charge in [-0.05, 0) is 70.8 Å². The standard InChI is InChI=1S/C27H31NS2/c1-3-5-7-9-21(10-8-6-4-2)28-24-17-26-19(11-13-29-26)15-22(24)23-16-20-12-14-30-27(20)18-25(23)28/h11-18,21H,3-10H2,1-2H3. The lowest BCUT2D eigenvalue weighted by Crippen LogP contribution is -2.09. The van der Waals surface area contributed by atoms with E-state index in [2.05, 4.69) is 65.6 Å². The Bertz CT molecular complexity index is 1190. The van der Waals surface area contributed by atoms with Gasteiger partial charge in [0, 0.05) is 26.2 Å². The van der Waals surface area contributed by atoms with Crippen LogP contribution in [0.5, 0.6) is 0 Å². The van der Waals surface area contributed by atoms with Gasteiger partial charge < -0.3 is 4.57 Å². The minimum Gasteiger partial charge on any atom is -0.337 e. The molecule has 0 atom stereocenters. The normalized spacial score (nSPS) is 12.4. The number of hydrogen-bond donors (Lipinski definition) is 0. The quantitative estimate of drug-likeness (QED) is 0.204. The Morgan fingerprint density at radius 3 is 1.67 bits per heavy atom. The van der Waals surface area contributed by atoms with Crippen LogP contribution in [0.1, 0.15) is 71.3 Å². The molecule has 156 valence electrons. The molecule has 0 saturated carbocycles. The van der Waals surface area contributed by atoms with E-state index in [-0.39, 0.29) is 0 Å². The van der Waals surface area contributed by atoms with E-state index in [1.54, 1.807) is 0 Å². The Balaban J connectivity index is 1.74. The summed E-state index contributed by atoms with van der Waals surface area (Å²) < 4.78 is 5.55. The summed E-state index contributed by atoms with van der Waals surface area (Å²) in [4.78, 5) is 0. The number of fused-ring (bicyclic) bond motifs is 5. The van der Waals surface area contributed by atoms with Crippen molar-refractivity contribution in [1.29, 1.82) is 0 Å². The highest BCUT2D eigenvalue weighted by Gasteiger charge is 2.20. The van der Waals surface area contributed by atoms with E-state index in [0.717, 1.165) is 0 Å². The largest absolute Gasteiger partial charge is 0.337 e. The minimum atomic E-state index is 0.595. The van der Waals surface area contributed by atoms with Crippen LogP contribution in [0.25, 0.3) is 42.0 Å². The smallest absolute Gasteiger partial charge is 0.0508 e. The maximum atomic E-state index is 2.73. The van der Waals surface area contributed by atoms with Crippen LogP contribution in [-0.2, 0) is 0 Å². The molecule has 0 unspecified atom stereocenters. The van der Waals surface area contributed by atoms with E-state index in [1.165, 1.54) is 93.3 Å². The van der Waals surface area contributed by atoms with Crippen LogP contribution in [-0.4, -0.2) is 4.57 Å². The molecule has 0 spiro atoms. The van der Waals surface area contributed by atoms with Crippen LogP contribution in [0.3, 0.4) is 0 Å². The number of benzene rings is 2. The molecule has 2 aromatic carbocycles. The molecule has 5 rings (SSSR count). The predicted octanol–water partition coefficient (Wildman–Crippen LogP) is 9.93. The van der Waals surface area contributed by atoms with Gasteiger partial charge in [-0.25, -0.2) is 0 Å². The van der Waals surface area contributed by atoms with Gasteiger partial charge in [-0.15, -0.1) is 22.7 Å². The fourth-order valence-electron chi connectivity index (χ4n) is 5.01. The first kappa shape index (κ1) is 20.1. The molecule has 3 heterocycles. The molecule has 3 heteroatoms.